The smallest absolute Gasteiger partial charge is 0.233 e. The first-order valence-corrected chi connectivity index (χ1v) is 12.9. The van der Waals surface area contributed by atoms with Crippen LogP contribution in [0.25, 0.3) is 16.9 Å². The summed E-state index contributed by atoms with van der Waals surface area (Å²) in [7, 11) is 0. The monoisotopic (exact) mass is 484 g/mol. The SMILES string of the molecule is O=C(Cc1cnc2ccccn12)N(c1ccc(-c2cnc[nH]2)cc1)C(CN1CCOCC1)C1CCC1. The van der Waals surface area contributed by atoms with Crippen molar-refractivity contribution in [2.45, 2.75) is 31.7 Å². The van der Waals surface area contributed by atoms with E-state index in [1.807, 2.05) is 41.2 Å². The topological polar surface area (TPSA) is 78.8 Å². The molecule has 0 bridgehead atoms. The summed E-state index contributed by atoms with van der Waals surface area (Å²) in [5.41, 5.74) is 4.74. The van der Waals surface area contributed by atoms with Crippen LogP contribution in [0.1, 0.15) is 25.0 Å². The standard InChI is InChI=1S/C28H32N6O2/c35-28(16-24-17-30-27-6-1-2-11-33(24)27)34(23-9-7-21(8-10-23)25-18-29-20-31-25)26(22-4-3-5-22)19-32-12-14-36-15-13-32/h1-2,6-11,17-18,20,22,26H,3-5,12-16,19H2,(H,29,31). The minimum absolute atomic E-state index is 0.111. The summed E-state index contributed by atoms with van der Waals surface area (Å²) in [5.74, 6) is 0.617. The molecule has 1 atom stereocenters. The first-order valence-electron chi connectivity index (χ1n) is 12.9. The van der Waals surface area contributed by atoms with E-state index in [4.69, 9.17) is 4.74 Å². The van der Waals surface area contributed by atoms with Gasteiger partial charge in [-0.2, -0.15) is 0 Å². The highest BCUT2D eigenvalue weighted by Crippen LogP contribution is 2.36. The summed E-state index contributed by atoms with van der Waals surface area (Å²) >= 11 is 0. The number of nitrogens with one attached hydrogen (secondary N) is 1. The van der Waals surface area contributed by atoms with Gasteiger partial charge in [-0.1, -0.05) is 24.6 Å². The number of carbonyl (C=O) groups is 1. The van der Waals surface area contributed by atoms with E-state index in [9.17, 15) is 4.79 Å². The Morgan fingerprint density at radius 2 is 1.94 bits per heavy atom. The number of amides is 1. The van der Waals surface area contributed by atoms with Crippen molar-refractivity contribution in [3.63, 3.8) is 0 Å². The van der Waals surface area contributed by atoms with Crippen LogP contribution in [-0.4, -0.2) is 69.0 Å². The molecule has 8 heteroatoms. The second-order valence-corrected chi connectivity index (χ2v) is 9.80. The van der Waals surface area contributed by atoms with Crippen molar-refractivity contribution < 1.29 is 9.53 Å². The second-order valence-electron chi connectivity index (χ2n) is 9.80. The number of hydrogen-bond acceptors (Lipinski definition) is 5. The molecule has 2 aliphatic rings. The maximum absolute atomic E-state index is 14.1. The Morgan fingerprint density at radius 1 is 1.11 bits per heavy atom. The number of aromatic nitrogens is 4. The van der Waals surface area contributed by atoms with Gasteiger partial charge < -0.3 is 19.0 Å². The minimum Gasteiger partial charge on any atom is -0.379 e. The zero-order valence-corrected chi connectivity index (χ0v) is 20.4. The van der Waals surface area contributed by atoms with Gasteiger partial charge in [0.25, 0.3) is 0 Å². The lowest BCUT2D eigenvalue weighted by atomic mass is 9.78. The number of anilines is 1. The molecule has 6 rings (SSSR count). The Labute approximate surface area is 210 Å². The zero-order chi connectivity index (χ0) is 24.3. The molecule has 0 spiro atoms. The van der Waals surface area contributed by atoms with Gasteiger partial charge in [0.15, 0.2) is 0 Å². The van der Waals surface area contributed by atoms with Gasteiger partial charge in [-0.25, -0.2) is 9.97 Å². The van der Waals surface area contributed by atoms with E-state index in [1.165, 1.54) is 19.3 Å². The number of morpholine rings is 1. The molecule has 1 saturated heterocycles. The predicted octanol–water partition coefficient (Wildman–Crippen LogP) is 3.80. The van der Waals surface area contributed by atoms with E-state index < -0.39 is 0 Å². The number of benzene rings is 1. The lowest BCUT2D eigenvalue weighted by Gasteiger charge is -2.44. The molecule has 8 nitrogen and oxygen atoms in total. The van der Waals surface area contributed by atoms with Crippen LogP contribution in [0.5, 0.6) is 0 Å². The number of carbonyl (C=O) groups excluding carboxylic acids is 1. The molecule has 1 N–H and O–H groups in total. The lowest BCUT2D eigenvalue weighted by molar-refractivity contribution is -0.119. The van der Waals surface area contributed by atoms with Crippen molar-refractivity contribution in [2.24, 2.45) is 5.92 Å². The third-order valence-corrected chi connectivity index (χ3v) is 7.62. The van der Waals surface area contributed by atoms with Crippen LogP contribution in [0, 0.1) is 5.92 Å². The van der Waals surface area contributed by atoms with Crippen LogP contribution in [-0.2, 0) is 16.0 Å². The molecule has 186 valence electrons. The second kappa shape index (κ2) is 10.2. The van der Waals surface area contributed by atoms with E-state index in [-0.39, 0.29) is 11.9 Å². The number of hydrogen-bond donors (Lipinski definition) is 1. The Bertz CT molecular complexity index is 1290. The summed E-state index contributed by atoms with van der Waals surface area (Å²) in [6.07, 6.45) is 11.2. The molecule has 1 aliphatic carbocycles. The summed E-state index contributed by atoms with van der Waals surface area (Å²) in [4.78, 5) is 30.5. The number of fused-ring (bicyclic) bond motifs is 1. The van der Waals surface area contributed by atoms with Crippen molar-refractivity contribution in [3.8, 4) is 11.3 Å². The van der Waals surface area contributed by atoms with E-state index in [0.29, 0.717) is 12.3 Å². The quantitative estimate of drug-likeness (QED) is 0.412. The van der Waals surface area contributed by atoms with Crippen LogP contribution in [0.2, 0.25) is 0 Å². The van der Waals surface area contributed by atoms with Crippen LogP contribution >= 0.6 is 0 Å². The van der Waals surface area contributed by atoms with Gasteiger partial charge in [0.1, 0.15) is 5.65 Å². The largest absolute Gasteiger partial charge is 0.379 e. The average Bonchev–Trinajstić information content (AvgIpc) is 3.55. The number of aromatic amines is 1. The lowest BCUT2D eigenvalue weighted by Crippen LogP contribution is -2.54. The van der Waals surface area contributed by atoms with Crippen molar-refractivity contribution >= 4 is 17.2 Å². The normalized spacial score (nSPS) is 17.7. The summed E-state index contributed by atoms with van der Waals surface area (Å²) < 4.78 is 7.61. The Morgan fingerprint density at radius 3 is 2.67 bits per heavy atom. The Balaban J connectivity index is 1.34. The maximum atomic E-state index is 14.1. The minimum atomic E-state index is 0.111. The van der Waals surface area contributed by atoms with Gasteiger partial charge in [-0.15, -0.1) is 0 Å². The molecular weight excluding hydrogens is 452 g/mol. The molecule has 0 radical (unpaired) electrons. The molecule has 1 aromatic carbocycles. The first-order chi connectivity index (χ1) is 17.8. The highest BCUT2D eigenvalue weighted by atomic mass is 16.5. The molecule has 36 heavy (non-hydrogen) atoms. The van der Waals surface area contributed by atoms with Gasteiger partial charge >= 0.3 is 0 Å². The molecule has 2 fully saturated rings. The first kappa shape index (κ1) is 22.9. The fourth-order valence-corrected chi connectivity index (χ4v) is 5.41. The predicted molar refractivity (Wildman–Crippen MR) is 139 cm³/mol. The van der Waals surface area contributed by atoms with Gasteiger partial charge in [-0.3, -0.25) is 9.69 Å². The van der Waals surface area contributed by atoms with Crippen LogP contribution in [0.15, 0.2) is 67.4 Å². The molecule has 3 aromatic heterocycles. The van der Waals surface area contributed by atoms with Gasteiger partial charge in [0.2, 0.25) is 5.91 Å². The summed E-state index contributed by atoms with van der Waals surface area (Å²) in [6, 6.07) is 14.3. The van der Waals surface area contributed by atoms with Crippen LogP contribution < -0.4 is 4.90 Å². The fraction of sp³-hybridized carbons (Fsp3) is 0.393. The van der Waals surface area contributed by atoms with Crippen molar-refractivity contribution in [1.82, 2.24) is 24.3 Å². The summed E-state index contributed by atoms with van der Waals surface area (Å²) in [6.45, 7) is 4.21. The van der Waals surface area contributed by atoms with Gasteiger partial charge in [-0.05, 0) is 48.6 Å². The number of ether oxygens (including phenoxy) is 1. The van der Waals surface area contributed by atoms with Crippen molar-refractivity contribution in [1.29, 1.82) is 0 Å². The summed E-state index contributed by atoms with van der Waals surface area (Å²) in [5, 5.41) is 0. The molecule has 1 unspecified atom stereocenters. The molecule has 4 aromatic rings. The van der Waals surface area contributed by atoms with E-state index in [0.717, 1.165) is 61.1 Å². The van der Waals surface area contributed by atoms with Gasteiger partial charge in [0.05, 0.1) is 49.6 Å². The number of H-pyrrole nitrogens is 1. The van der Waals surface area contributed by atoms with E-state index in [1.54, 1.807) is 6.33 Å². The molecule has 1 aliphatic heterocycles. The molecular formula is C28H32N6O2. The molecule has 4 heterocycles. The van der Waals surface area contributed by atoms with Gasteiger partial charge in [0, 0.05) is 37.7 Å². The third-order valence-electron chi connectivity index (χ3n) is 7.62. The number of rotatable bonds is 8. The third kappa shape index (κ3) is 4.66. The highest BCUT2D eigenvalue weighted by molar-refractivity contribution is 5.95. The molecule has 1 amide bonds. The van der Waals surface area contributed by atoms with Crippen LogP contribution in [0.3, 0.4) is 0 Å². The fourth-order valence-electron chi connectivity index (χ4n) is 5.41. The Hall–Kier alpha value is -3.49. The van der Waals surface area contributed by atoms with E-state index in [2.05, 4.69) is 49.0 Å². The molecule has 1 saturated carbocycles. The Kier molecular flexibility index (Phi) is 6.53. The maximum Gasteiger partial charge on any atom is 0.233 e. The average molecular weight is 485 g/mol. The number of pyridine rings is 1. The van der Waals surface area contributed by atoms with Crippen LogP contribution in [0.4, 0.5) is 5.69 Å². The van der Waals surface area contributed by atoms with Crippen molar-refractivity contribution in [3.05, 3.63) is 73.1 Å². The van der Waals surface area contributed by atoms with Crippen molar-refractivity contribution in [2.75, 3.05) is 37.7 Å². The number of imidazole rings is 2. The zero-order valence-electron chi connectivity index (χ0n) is 20.4. The number of nitrogens with zero attached hydrogens (tertiary/aromatic N) is 5. The highest BCUT2D eigenvalue weighted by Gasteiger charge is 2.37. The van der Waals surface area contributed by atoms with E-state index >= 15 is 0 Å².